The maximum absolute atomic E-state index is 5.24. The Kier molecular flexibility index (Phi) is 4.48. The first-order valence-electron chi connectivity index (χ1n) is 9.87. The van der Waals surface area contributed by atoms with Gasteiger partial charge in [0, 0.05) is 17.7 Å². The van der Waals surface area contributed by atoms with Gasteiger partial charge in [-0.25, -0.2) is 9.97 Å². The smallest absolute Gasteiger partial charge is 0.138 e. The Morgan fingerprint density at radius 2 is 1.37 bits per heavy atom. The van der Waals surface area contributed by atoms with Gasteiger partial charge in [-0.15, -0.1) is 0 Å². The number of hydrogen-bond acceptors (Lipinski definition) is 4. The van der Waals surface area contributed by atoms with Crippen molar-refractivity contribution in [2.75, 3.05) is 21.2 Å². The summed E-state index contributed by atoms with van der Waals surface area (Å²) in [6.45, 7) is 0.901. The van der Waals surface area contributed by atoms with Crippen molar-refractivity contribution in [1.82, 2.24) is 24.8 Å². The van der Waals surface area contributed by atoms with Gasteiger partial charge >= 0.3 is 0 Å². The Labute approximate surface area is 174 Å². The standard InChI is InChI=1S/C24H23N5O/c1-29(2)14-15-4-10-19-21(12-15)27-24(26-19)17-7-11-20-22(13-17)28-23(25-20)16-5-8-18(30-3)9-6-16/h4-13H,14H2,1-3H3,(H,25,28)(H,26,27). The first-order chi connectivity index (χ1) is 14.6. The highest BCUT2D eigenvalue weighted by molar-refractivity contribution is 5.86. The van der Waals surface area contributed by atoms with Gasteiger partial charge in [0.15, 0.2) is 0 Å². The quantitative estimate of drug-likeness (QED) is 0.445. The topological polar surface area (TPSA) is 69.8 Å². The average Bonchev–Trinajstić information content (AvgIpc) is 3.36. The number of ether oxygens (including phenoxy) is 1. The van der Waals surface area contributed by atoms with Crippen molar-refractivity contribution in [1.29, 1.82) is 0 Å². The maximum atomic E-state index is 5.24. The van der Waals surface area contributed by atoms with Gasteiger partial charge in [-0.2, -0.15) is 0 Å². The normalized spacial score (nSPS) is 11.6. The van der Waals surface area contributed by atoms with E-state index in [1.54, 1.807) is 7.11 Å². The summed E-state index contributed by atoms with van der Waals surface area (Å²) in [7, 11) is 5.81. The third-order valence-electron chi connectivity index (χ3n) is 5.16. The van der Waals surface area contributed by atoms with E-state index in [0.29, 0.717) is 0 Å². The number of rotatable bonds is 5. The van der Waals surface area contributed by atoms with Crippen molar-refractivity contribution in [3.63, 3.8) is 0 Å². The summed E-state index contributed by atoms with van der Waals surface area (Å²) < 4.78 is 5.24. The van der Waals surface area contributed by atoms with Gasteiger partial charge in [-0.1, -0.05) is 6.07 Å². The van der Waals surface area contributed by atoms with E-state index in [1.807, 2.05) is 30.3 Å². The first-order valence-corrected chi connectivity index (χ1v) is 9.87. The van der Waals surface area contributed by atoms with Gasteiger partial charge < -0.3 is 19.6 Å². The molecule has 2 aromatic heterocycles. The monoisotopic (exact) mass is 397 g/mol. The number of hydrogen-bond donors (Lipinski definition) is 2. The minimum absolute atomic E-state index is 0.829. The number of aromatic nitrogens is 4. The van der Waals surface area contributed by atoms with Crippen molar-refractivity contribution < 1.29 is 4.74 Å². The lowest BCUT2D eigenvalue weighted by Gasteiger charge is -2.08. The molecule has 0 aliphatic carbocycles. The van der Waals surface area contributed by atoms with Crippen LogP contribution in [0.5, 0.6) is 5.75 Å². The lowest BCUT2D eigenvalue weighted by atomic mass is 10.2. The summed E-state index contributed by atoms with van der Waals surface area (Å²) >= 11 is 0. The molecule has 0 bridgehead atoms. The molecule has 6 nitrogen and oxygen atoms in total. The Morgan fingerprint density at radius 1 is 0.767 bits per heavy atom. The number of imidazole rings is 2. The van der Waals surface area contributed by atoms with Crippen molar-refractivity contribution in [2.24, 2.45) is 0 Å². The molecule has 5 aromatic rings. The lowest BCUT2D eigenvalue weighted by molar-refractivity contribution is 0.402. The number of nitrogens with one attached hydrogen (secondary N) is 2. The van der Waals surface area contributed by atoms with Gasteiger partial charge in [-0.3, -0.25) is 0 Å². The van der Waals surface area contributed by atoms with E-state index in [2.05, 4.69) is 59.3 Å². The van der Waals surface area contributed by atoms with Gasteiger partial charge in [0.05, 0.1) is 29.2 Å². The van der Waals surface area contributed by atoms with E-state index in [0.717, 1.165) is 57.1 Å². The second-order valence-electron chi connectivity index (χ2n) is 7.72. The fourth-order valence-electron chi connectivity index (χ4n) is 3.70. The number of H-pyrrole nitrogens is 2. The van der Waals surface area contributed by atoms with E-state index in [9.17, 15) is 0 Å². The second-order valence-corrected chi connectivity index (χ2v) is 7.72. The van der Waals surface area contributed by atoms with Gasteiger partial charge in [-0.05, 0) is 74.3 Å². The molecule has 0 unspecified atom stereocenters. The molecule has 0 saturated heterocycles. The fraction of sp³-hybridized carbons (Fsp3) is 0.167. The summed E-state index contributed by atoms with van der Waals surface area (Å²) in [5, 5.41) is 0. The van der Waals surface area contributed by atoms with Crippen LogP contribution in [-0.4, -0.2) is 46.0 Å². The Morgan fingerprint density at radius 3 is 2.03 bits per heavy atom. The van der Waals surface area contributed by atoms with E-state index in [1.165, 1.54) is 5.56 Å². The van der Waals surface area contributed by atoms with Crippen molar-refractivity contribution in [3.05, 3.63) is 66.2 Å². The average molecular weight is 397 g/mol. The number of nitrogens with zero attached hydrogens (tertiary/aromatic N) is 3. The van der Waals surface area contributed by atoms with Crippen molar-refractivity contribution in [3.8, 4) is 28.5 Å². The van der Waals surface area contributed by atoms with E-state index in [-0.39, 0.29) is 0 Å². The number of benzene rings is 3. The second kappa shape index (κ2) is 7.31. The molecule has 5 rings (SSSR count). The highest BCUT2D eigenvalue weighted by Gasteiger charge is 2.10. The molecule has 3 aromatic carbocycles. The summed E-state index contributed by atoms with van der Waals surface area (Å²) in [4.78, 5) is 18.5. The SMILES string of the molecule is COc1ccc(-c2nc3ccc(-c4nc5ccc(CN(C)C)cc5[nH]4)cc3[nH]2)cc1. The largest absolute Gasteiger partial charge is 0.497 e. The molecule has 2 heterocycles. The Hall–Kier alpha value is -3.64. The highest BCUT2D eigenvalue weighted by atomic mass is 16.5. The predicted octanol–water partition coefficient (Wildman–Crippen LogP) is 4.84. The first kappa shape index (κ1) is 18.4. The number of fused-ring (bicyclic) bond motifs is 2. The number of aromatic amines is 2. The molecule has 30 heavy (non-hydrogen) atoms. The van der Waals surface area contributed by atoms with Crippen molar-refractivity contribution in [2.45, 2.75) is 6.54 Å². The molecule has 150 valence electrons. The summed E-state index contributed by atoms with van der Waals surface area (Å²) in [6.07, 6.45) is 0. The van der Waals surface area contributed by atoms with Gasteiger partial charge in [0.25, 0.3) is 0 Å². The molecule has 6 heteroatoms. The van der Waals surface area contributed by atoms with E-state index < -0.39 is 0 Å². The van der Waals surface area contributed by atoms with Crippen LogP contribution in [-0.2, 0) is 6.54 Å². The molecule has 0 atom stereocenters. The van der Waals surface area contributed by atoms with Crippen LogP contribution in [0, 0.1) is 0 Å². The molecule has 0 spiro atoms. The molecular weight excluding hydrogens is 374 g/mol. The van der Waals surface area contributed by atoms with Gasteiger partial charge in [0.1, 0.15) is 17.4 Å². The fourth-order valence-corrected chi connectivity index (χ4v) is 3.70. The zero-order chi connectivity index (χ0) is 20.7. The molecule has 0 amide bonds. The molecule has 0 aliphatic heterocycles. The minimum atomic E-state index is 0.829. The molecule has 0 aliphatic rings. The third-order valence-corrected chi connectivity index (χ3v) is 5.16. The van der Waals surface area contributed by atoms with Crippen LogP contribution in [0.4, 0.5) is 0 Å². The van der Waals surface area contributed by atoms with Crippen LogP contribution in [0.1, 0.15) is 5.56 Å². The van der Waals surface area contributed by atoms with Crippen LogP contribution in [0.25, 0.3) is 44.8 Å². The maximum Gasteiger partial charge on any atom is 0.138 e. The third kappa shape index (κ3) is 3.42. The van der Waals surface area contributed by atoms with Crippen LogP contribution in [0.2, 0.25) is 0 Å². The molecule has 0 saturated carbocycles. The molecule has 0 fully saturated rings. The lowest BCUT2D eigenvalue weighted by Crippen LogP contribution is -2.10. The summed E-state index contributed by atoms with van der Waals surface area (Å²) in [5.74, 6) is 2.52. The molecular formula is C24H23N5O. The van der Waals surface area contributed by atoms with Gasteiger partial charge in [0.2, 0.25) is 0 Å². The van der Waals surface area contributed by atoms with Crippen LogP contribution in [0.15, 0.2) is 60.7 Å². The number of methoxy groups -OCH3 is 1. The van der Waals surface area contributed by atoms with E-state index >= 15 is 0 Å². The zero-order valence-electron chi connectivity index (χ0n) is 17.2. The van der Waals surface area contributed by atoms with E-state index in [4.69, 9.17) is 14.7 Å². The molecule has 0 radical (unpaired) electrons. The summed E-state index contributed by atoms with van der Waals surface area (Å²) in [6, 6.07) is 20.4. The zero-order valence-corrected chi connectivity index (χ0v) is 17.2. The molecule has 2 N–H and O–H groups in total. The van der Waals surface area contributed by atoms with Crippen LogP contribution >= 0.6 is 0 Å². The minimum Gasteiger partial charge on any atom is -0.497 e. The summed E-state index contributed by atoms with van der Waals surface area (Å²) in [5.41, 5.74) is 7.23. The van der Waals surface area contributed by atoms with Crippen LogP contribution < -0.4 is 4.74 Å². The predicted molar refractivity (Wildman–Crippen MR) is 121 cm³/mol. The highest BCUT2D eigenvalue weighted by Crippen LogP contribution is 2.27. The Bertz CT molecular complexity index is 1330. The van der Waals surface area contributed by atoms with Crippen molar-refractivity contribution >= 4 is 22.1 Å². The Balaban J connectivity index is 1.49. The van der Waals surface area contributed by atoms with Crippen LogP contribution in [0.3, 0.4) is 0 Å².